The zero-order chi connectivity index (χ0) is 21.1. The fourth-order valence-corrected chi connectivity index (χ4v) is 3.17. The lowest BCUT2D eigenvalue weighted by atomic mass is 10.1. The molecule has 1 amide bonds. The van der Waals surface area contributed by atoms with E-state index in [0.29, 0.717) is 16.5 Å². The highest BCUT2D eigenvalue weighted by Gasteiger charge is 2.18. The van der Waals surface area contributed by atoms with Crippen LogP contribution in [0.5, 0.6) is 0 Å². The van der Waals surface area contributed by atoms with Crippen molar-refractivity contribution in [2.75, 3.05) is 0 Å². The first kappa shape index (κ1) is 19.4. The van der Waals surface area contributed by atoms with E-state index in [-0.39, 0.29) is 18.6 Å². The third-order valence-electron chi connectivity index (χ3n) is 4.61. The molecule has 0 aliphatic heterocycles. The van der Waals surface area contributed by atoms with E-state index in [1.807, 2.05) is 6.07 Å². The number of halogens is 2. The zero-order valence-corrected chi connectivity index (χ0v) is 15.7. The van der Waals surface area contributed by atoms with Gasteiger partial charge in [0.2, 0.25) is 0 Å². The van der Waals surface area contributed by atoms with Crippen molar-refractivity contribution in [3.63, 3.8) is 0 Å². The van der Waals surface area contributed by atoms with E-state index in [4.69, 9.17) is 0 Å². The van der Waals surface area contributed by atoms with Gasteiger partial charge in [-0.1, -0.05) is 30.3 Å². The summed E-state index contributed by atoms with van der Waals surface area (Å²) in [5.41, 5.74) is 0.236. The Morgan fingerprint density at radius 2 is 1.70 bits per heavy atom. The molecule has 0 aliphatic rings. The van der Waals surface area contributed by atoms with Crippen molar-refractivity contribution in [3.05, 3.63) is 106 Å². The first-order chi connectivity index (χ1) is 14.5. The SMILES string of the molecule is O=C(NCc1nn(Cc2cccnc2)c(=O)c2ccccc12)c1c(F)cccc1F. The van der Waals surface area contributed by atoms with Crippen LogP contribution in [0.4, 0.5) is 8.78 Å². The number of pyridine rings is 1. The second kappa shape index (κ2) is 8.20. The van der Waals surface area contributed by atoms with Crippen LogP contribution >= 0.6 is 0 Å². The van der Waals surface area contributed by atoms with Gasteiger partial charge in [-0.25, -0.2) is 13.5 Å². The minimum absolute atomic E-state index is 0.111. The summed E-state index contributed by atoms with van der Waals surface area (Å²) < 4.78 is 29.0. The molecule has 6 nitrogen and oxygen atoms in total. The fraction of sp³-hybridized carbons (Fsp3) is 0.0909. The van der Waals surface area contributed by atoms with E-state index in [0.717, 1.165) is 17.7 Å². The number of nitrogens with zero attached hydrogens (tertiary/aromatic N) is 3. The predicted molar refractivity (Wildman–Crippen MR) is 107 cm³/mol. The maximum Gasteiger partial charge on any atom is 0.274 e. The number of fused-ring (bicyclic) bond motifs is 1. The van der Waals surface area contributed by atoms with E-state index < -0.39 is 23.1 Å². The average Bonchev–Trinajstić information content (AvgIpc) is 2.75. The summed E-state index contributed by atoms with van der Waals surface area (Å²) in [6, 6.07) is 13.6. The van der Waals surface area contributed by atoms with Crippen LogP contribution in [-0.2, 0) is 13.1 Å². The van der Waals surface area contributed by atoms with Gasteiger partial charge in [0.1, 0.15) is 17.2 Å². The smallest absolute Gasteiger partial charge is 0.274 e. The first-order valence-electron chi connectivity index (χ1n) is 9.14. The molecule has 0 bridgehead atoms. The summed E-state index contributed by atoms with van der Waals surface area (Å²) in [6.07, 6.45) is 3.26. The van der Waals surface area contributed by atoms with Gasteiger partial charge in [0, 0.05) is 17.8 Å². The van der Waals surface area contributed by atoms with Crippen molar-refractivity contribution in [1.82, 2.24) is 20.1 Å². The maximum atomic E-state index is 13.9. The molecule has 0 saturated heterocycles. The molecular weight excluding hydrogens is 390 g/mol. The van der Waals surface area contributed by atoms with E-state index >= 15 is 0 Å². The Kier molecular flexibility index (Phi) is 5.30. The highest BCUT2D eigenvalue weighted by molar-refractivity contribution is 5.95. The van der Waals surface area contributed by atoms with Gasteiger partial charge < -0.3 is 5.32 Å². The Hall–Kier alpha value is -3.94. The van der Waals surface area contributed by atoms with Gasteiger partial charge in [-0.3, -0.25) is 14.6 Å². The van der Waals surface area contributed by atoms with E-state index in [2.05, 4.69) is 15.4 Å². The van der Waals surface area contributed by atoms with Crippen molar-refractivity contribution in [1.29, 1.82) is 0 Å². The van der Waals surface area contributed by atoms with Crippen molar-refractivity contribution >= 4 is 16.7 Å². The summed E-state index contributed by atoms with van der Waals surface area (Å²) in [6.45, 7) is 0.0842. The molecule has 4 aromatic rings. The number of nitrogens with one attached hydrogen (secondary N) is 1. The second-order valence-electron chi connectivity index (χ2n) is 6.60. The molecule has 150 valence electrons. The lowest BCUT2D eigenvalue weighted by Crippen LogP contribution is -2.29. The number of hydrogen-bond donors (Lipinski definition) is 1. The number of rotatable bonds is 5. The minimum Gasteiger partial charge on any atom is -0.346 e. The number of carbonyl (C=O) groups excluding carboxylic acids is 1. The molecule has 30 heavy (non-hydrogen) atoms. The Bertz CT molecular complexity index is 1270. The van der Waals surface area contributed by atoms with Crippen LogP contribution in [0, 0.1) is 11.6 Å². The van der Waals surface area contributed by atoms with Gasteiger partial charge in [0.05, 0.1) is 24.2 Å². The number of amides is 1. The van der Waals surface area contributed by atoms with Gasteiger partial charge in [-0.2, -0.15) is 5.10 Å². The molecule has 2 aromatic heterocycles. The van der Waals surface area contributed by atoms with Crippen molar-refractivity contribution < 1.29 is 13.6 Å². The van der Waals surface area contributed by atoms with Crippen LogP contribution in [0.2, 0.25) is 0 Å². The largest absolute Gasteiger partial charge is 0.346 e. The highest BCUT2D eigenvalue weighted by Crippen LogP contribution is 2.15. The zero-order valence-electron chi connectivity index (χ0n) is 15.7. The Morgan fingerprint density at radius 3 is 2.40 bits per heavy atom. The molecule has 0 radical (unpaired) electrons. The van der Waals surface area contributed by atoms with Gasteiger partial charge in [-0.05, 0) is 29.8 Å². The number of carbonyl (C=O) groups is 1. The Balaban J connectivity index is 1.69. The van der Waals surface area contributed by atoms with E-state index in [9.17, 15) is 18.4 Å². The van der Waals surface area contributed by atoms with Crippen molar-refractivity contribution in [2.45, 2.75) is 13.1 Å². The van der Waals surface area contributed by atoms with Crippen molar-refractivity contribution in [3.8, 4) is 0 Å². The summed E-state index contributed by atoms with van der Waals surface area (Å²) in [7, 11) is 0. The van der Waals surface area contributed by atoms with Crippen molar-refractivity contribution in [2.24, 2.45) is 0 Å². The van der Waals surface area contributed by atoms with Gasteiger partial charge in [0.25, 0.3) is 11.5 Å². The number of hydrogen-bond acceptors (Lipinski definition) is 4. The summed E-state index contributed by atoms with van der Waals surface area (Å²) >= 11 is 0. The maximum absolute atomic E-state index is 13.9. The fourth-order valence-electron chi connectivity index (χ4n) is 3.17. The van der Waals surface area contributed by atoms with Crippen LogP contribution in [0.1, 0.15) is 21.6 Å². The van der Waals surface area contributed by atoms with E-state index in [1.165, 1.54) is 10.7 Å². The lowest BCUT2D eigenvalue weighted by Gasteiger charge is -2.12. The molecule has 0 aliphatic carbocycles. The predicted octanol–water partition coefficient (Wildman–Crippen LogP) is 3.05. The molecule has 0 saturated carbocycles. The summed E-state index contributed by atoms with van der Waals surface area (Å²) in [4.78, 5) is 29.2. The molecule has 8 heteroatoms. The third kappa shape index (κ3) is 3.80. The summed E-state index contributed by atoms with van der Waals surface area (Å²) in [5, 5.41) is 7.85. The third-order valence-corrected chi connectivity index (χ3v) is 4.61. The van der Waals surface area contributed by atoms with Crippen LogP contribution in [0.3, 0.4) is 0 Å². The van der Waals surface area contributed by atoms with E-state index in [1.54, 1.807) is 42.7 Å². The average molecular weight is 406 g/mol. The monoisotopic (exact) mass is 406 g/mol. The van der Waals surface area contributed by atoms with Crippen LogP contribution in [0.25, 0.3) is 10.8 Å². The molecule has 2 aromatic carbocycles. The van der Waals surface area contributed by atoms with Crippen LogP contribution in [-0.4, -0.2) is 20.7 Å². The molecule has 0 unspecified atom stereocenters. The number of benzene rings is 2. The Morgan fingerprint density at radius 1 is 0.967 bits per heavy atom. The van der Waals surface area contributed by atoms with Gasteiger partial charge >= 0.3 is 0 Å². The normalized spacial score (nSPS) is 10.9. The van der Waals surface area contributed by atoms with Gasteiger partial charge in [0.15, 0.2) is 0 Å². The number of aromatic nitrogens is 3. The molecule has 4 rings (SSSR count). The van der Waals surface area contributed by atoms with Crippen LogP contribution in [0.15, 0.2) is 71.8 Å². The minimum atomic E-state index is -0.952. The van der Waals surface area contributed by atoms with Crippen LogP contribution < -0.4 is 10.9 Å². The first-order valence-corrected chi connectivity index (χ1v) is 9.14. The molecule has 1 N–H and O–H groups in total. The Labute approximate surface area is 169 Å². The molecule has 0 atom stereocenters. The molecule has 2 heterocycles. The quantitative estimate of drug-likeness (QED) is 0.553. The highest BCUT2D eigenvalue weighted by atomic mass is 19.1. The standard InChI is InChI=1S/C22H16F2N4O2/c23-17-8-3-9-18(24)20(17)21(29)26-12-19-15-6-1-2-7-16(15)22(30)28(27-19)13-14-5-4-10-25-11-14/h1-11H,12-13H2,(H,26,29). The topological polar surface area (TPSA) is 76.9 Å². The molecular formula is C22H16F2N4O2. The molecule has 0 fully saturated rings. The summed E-state index contributed by atoms with van der Waals surface area (Å²) in [5.74, 6) is -2.81. The second-order valence-corrected chi connectivity index (χ2v) is 6.60. The molecule has 0 spiro atoms. The lowest BCUT2D eigenvalue weighted by molar-refractivity contribution is 0.0942. The van der Waals surface area contributed by atoms with Gasteiger partial charge in [-0.15, -0.1) is 0 Å².